The lowest BCUT2D eigenvalue weighted by molar-refractivity contribution is -0.190. The first-order chi connectivity index (χ1) is 10.7. The Morgan fingerprint density at radius 3 is 1.91 bits per heavy atom. The highest BCUT2D eigenvalue weighted by Crippen LogP contribution is 2.71. The zero-order valence-electron chi connectivity index (χ0n) is 14.4. The number of hydrogen-bond donors (Lipinski definition) is 0. The third-order valence-corrected chi connectivity index (χ3v) is 6.37. The summed E-state index contributed by atoms with van der Waals surface area (Å²) in [4.78, 5) is 36.9. The SMILES string of the molecule is COC(=O)C(=O)C(C(=O)OC)C12CC3CC(C)(CC(C)(C3)C1)C2. The highest BCUT2D eigenvalue weighted by molar-refractivity contribution is 6.38. The maximum absolute atomic E-state index is 12.6. The second kappa shape index (κ2) is 5.05. The molecule has 0 aromatic heterocycles. The molecular weight excluding hydrogens is 296 g/mol. The van der Waals surface area contributed by atoms with Crippen LogP contribution in [0.15, 0.2) is 0 Å². The van der Waals surface area contributed by atoms with Crippen molar-refractivity contribution >= 4 is 17.7 Å². The van der Waals surface area contributed by atoms with Crippen LogP contribution in [-0.2, 0) is 23.9 Å². The number of esters is 2. The Hall–Kier alpha value is -1.39. The molecule has 4 bridgehead atoms. The molecule has 0 spiro atoms. The van der Waals surface area contributed by atoms with Gasteiger partial charge in [-0.25, -0.2) is 4.79 Å². The Morgan fingerprint density at radius 1 is 0.913 bits per heavy atom. The average molecular weight is 322 g/mol. The van der Waals surface area contributed by atoms with Gasteiger partial charge in [-0.2, -0.15) is 0 Å². The van der Waals surface area contributed by atoms with Crippen molar-refractivity contribution in [1.29, 1.82) is 0 Å². The lowest BCUT2D eigenvalue weighted by Gasteiger charge is -2.66. The first kappa shape index (κ1) is 16.5. The number of carbonyl (C=O) groups excluding carboxylic acids is 3. The molecule has 0 saturated heterocycles. The number of hydrogen-bond acceptors (Lipinski definition) is 5. The van der Waals surface area contributed by atoms with Crippen molar-refractivity contribution in [2.45, 2.75) is 52.4 Å². The van der Waals surface area contributed by atoms with Gasteiger partial charge in [0.05, 0.1) is 14.2 Å². The van der Waals surface area contributed by atoms with Gasteiger partial charge in [-0.05, 0) is 60.7 Å². The van der Waals surface area contributed by atoms with E-state index < -0.39 is 29.1 Å². The van der Waals surface area contributed by atoms with Crippen LogP contribution in [0.2, 0.25) is 0 Å². The quantitative estimate of drug-likeness (QED) is 0.452. The van der Waals surface area contributed by atoms with Crippen LogP contribution in [0.5, 0.6) is 0 Å². The summed E-state index contributed by atoms with van der Waals surface area (Å²) >= 11 is 0. The topological polar surface area (TPSA) is 69.7 Å². The van der Waals surface area contributed by atoms with E-state index in [9.17, 15) is 14.4 Å². The largest absolute Gasteiger partial charge is 0.468 e. The molecule has 4 rings (SSSR count). The van der Waals surface area contributed by atoms with Crippen molar-refractivity contribution < 1.29 is 23.9 Å². The van der Waals surface area contributed by atoms with E-state index in [0.717, 1.165) is 38.5 Å². The number of ketones is 1. The average Bonchev–Trinajstić information content (AvgIpc) is 2.41. The molecule has 4 aliphatic carbocycles. The van der Waals surface area contributed by atoms with E-state index in [4.69, 9.17) is 4.74 Å². The van der Waals surface area contributed by atoms with E-state index in [-0.39, 0.29) is 10.8 Å². The maximum atomic E-state index is 12.6. The number of rotatable bonds is 4. The fourth-order valence-electron chi connectivity index (χ4n) is 6.83. The van der Waals surface area contributed by atoms with Crippen molar-refractivity contribution in [2.75, 3.05) is 14.2 Å². The summed E-state index contributed by atoms with van der Waals surface area (Å²) in [6, 6.07) is 0. The van der Waals surface area contributed by atoms with Crippen LogP contribution in [-0.4, -0.2) is 31.9 Å². The zero-order valence-corrected chi connectivity index (χ0v) is 14.4. The summed E-state index contributed by atoms with van der Waals surface area (Å²) in [5, 5.41) is 0. The Bertz CT molecular complexity index is 548. The van der Waals surface area contributed by atoms with Crippen molar-refractivity contribution in [1.82, 2.24) is 0 Å². The molecule has 0 aromatic rings. The standard InChI is InChI=1S/C18H26O5/c1-16-5-11-6-17(2,8-16)10-18(7-11,9-16)12(14(20)22-3)13(19)15(21)23-4/h11-12H,5-10H2,1-4H3. The summed E-state index contributed by atoms with van der Waals surface area (Å²) in [5.74, 6) is -2.77. The second-order valence-corrected chi connectivity index (χ2v) is 8.80. The molecule has 128 valence electrons. The van der Waals surface area contributed by atoms with Gasteiger partial charge in [-0.15, -0.1) is 0 Å². The van der Waals surface area contributed by atoms with Crippen LogP contribution in [0.3, 0.4) is 0 Å². The lowest BCUT2D eigenvalue weighted by atomic mass is 9.38. The summed E-state index contributed by atoms with van der Waals surface area (Å²) in [6.45, 7) is 4.53. The van der Waals surface area contributed by atoms with Gasteiger partial charge in [0.1, 0.15) is 5.92 Å². The normalized spacial score (nSPS) is 42.2. The molecule has 3 atom stereocenters. The second-order valence-electron chi connectivity index (χ2n) is 8.80. The van der Waals surface area contributed by atoms with Crippen LogP contribution >= 0.6 is 0 Å². The zero-order chi connectivity index (χ0) is 17.0. The third kappa shape index (κ3) is 2.48. The molecule has 0 radical (unpaired) electrons. The highest BCUT2D eigenvalue weighted by atomic mass is 16.5. The molecular formula is C18H26O5. The lowest BCUT2D eigenvalue weighted by Crippen LogP contribution is -2.60. The van der Waals surface area contributed by atoms with E-state index in [1.54, 1.807) is 0 Å². The molecule has 4 aliphatic rings. The minimum absolute atomic E-state index is 0.150. The van der Waals surface area contributed by atoms with Crippen LogP contribution in [0.4, 0.5) is 0 Å². The number of carbonyl (C=O) groups is 3. The van der Waals surface area contributed by atoms with Crippen molar-refractivity contribution in [3.8, 4) is 0 Å². The summed E-state index contributed by atoms with van der Waals surface area (Å²) < 4.78 is 9.52. The first-order valence-electron chi connectivity index (χ1n) is 8.36. The van der Waals surface area contributed by atoms with Crippen molar-refractivity contribution in [2.24, 2.45) is 28.1 Å². The van der Waals surface area contributed by atoms with E-state index in [0.29, 0.717) is 5.92 Å². The summed E-state index contributed by atoms with van der Waals surface area (Å²) in [5.41, 5.74) is -0.158. The molecule has 0 aliphatic heterocycles. The monoisotopic (exact) mass is 322 g/mol. The molecule has 5 nitrogen and oxygen atoms in total. The van der Waals surface area contributed by atoms with Gasteiger partial charge < -0.3 is 9.47 Å². The Balaban J connectivity index is 2.03. The molecule has 0 amide bonds. The Kier molecular flexibility index (Phi) is 3.62. The maximum Gasteiger partial charge on any atom is 0.375 e. The number of methoxy groups -OCH3 is 2. The van der Waals surface area contributed by atoms with Gasteiger partial charge in [-0.3, -0.25) is 9.59 Å². The fraction of sp³-hybridized carbons (Fsp3) is 0.833. The van der Waals surface area contributed by atoms with Crippen LogP contribution in [0.1, 0.15) is 52.4 Å². The molecule has 5 heteroatoms. The Labute approximate surface area is 137 Å². The number of Topliss-reactive ketones (excluding diaryl/α,β-unsaturated/α-hetero) is 1. The molecule has 4 saturated carbocycles. The van der Waals surface area contributed by atoms with Gasteiger partial charge in [0.2, 0.25) is 0 Å². The van der Waals surface area contributed by atoms with Gasteiger partial charge in [0.15, 0.2) is 0 Å². The van der Waals surface area contributed by atoms with E-state index in [2.05, 4.69) is 18.6 Å². The Morgan fingerprint density at radius 2 is 1.48 bits per heavy atom. The number of ether oxygens (including phenoxy) is 2. The predicted molar refractivity (Wildman–Crippen MR) is 82.4 cm³/mol. The van der Waals surface area contributed by atoms with E-state index >= 15 is 0 Å². The summed E-state index contributed by atoms with van der Waals surface area (Å²) in [7, 11) is 2.46. The smallest absolute Gasteiger partial charge is 0.375 e. The van der Waals surface area contributed by atoms with Crippen LogP contribution in [0, 0.1) is 28.1 Å². The third-order valence-electron chi connectivity index (χ3n) is 6.37. The van der Waals surface area contributed by atoms with Gasteiger partial charge in [0, 0.05) is 0 Å². The summed E-state index contributed by atoms with van der Waals surface area (Å²) in [6.07, 6.45) is 5.91. The fourth-order valence-corrected chi connectivity index (χ4v) is 6.83. The predicted octanol–water partition coefficient (Wildman–Crippen LogP) is 2.51. The molecule has 4 fully saturated rings. The minimum Gasteiger partial charge on any atom is -0.468 e. The molecule has 0 N–H and O–H groups in total. The first-order valence-corrected chi connectivity index (χ1v) is 8.36. The van der Waals surface area contributed by atoms with E-state index in [1.807, 2.05) is 0 Å². The van der Waals surface area contributed by atoms with Crippen molar-refractivity contribution in [3.05, 3.63) is 0 Å². The minimum atomic E-state index is -1.03. The van der Waals surface area contributed by atoms with Gasteiger partial charge in [0.25, 0.3) is 5.78 Å². The van der Waals surface area contributed by atoms with Gasteiger partial charge >= 0.3 is 11.9 Å². The molecule has 23 heavy (non-hydrogen) atoms. The molecule has 0 aromatic carbocycles. The van der Waals surface area contributed by atoms with Crippen LogP contribution in [0.25, 0.3) is 0 Å². The molecule has 3 unspecified atom stereocenters. The van der Waals surface area contributed by atoms with Crippen LogP contribution < -0.4 is 0 Å². The highest BCUT2D eigenvalue weighted by Gasteiger charge is 2.65. The van der Waals surface area contributed by atoms with Gasteiger partial charge in [-0.1, -0.05) is 13.8 Å². The van der Waals surface area contributed by atoms with Crippen molar-refractivity contribution in [3.63, 3.8) is 0 Å². The van der Waals surface area contributed by atoms with E-state index in [1.165, 1.54) is 14.2 Å². The molecule has 0 heterocycles.